The van der Waals surface area contributed by atoms with Crippen molar-refractivity contribution < 1.29 is 8.78 Å². The van der Waals surface area contributed by atoms with E-state index in [2.05, 4.69) is 20.9 Å². The SMILES string of the molecule is FC(F)c1c(-c2ccc(Br)cc2)[nH]c2ccccc12. The number of H-pyrrole nitrogens is 1. The maximum atomic E-state index is 13.3. The molecule has 1 heterocycles. The Labute approximate surface area is 117 Å². The predicted molar refractivity (Wildman–Crippen MR) is 76.4 cm³/mol. The molecule has 3 rings (SSSR count). The van der Waals surface area contributed by atoms with Gasteiger partial charge in [-0.05, 0) is 23.8 Å². The third-order valence-electron chi connectivity index (χ3n) is 3.10. The summed E-state index contributed by atoms with van der Waals surface area (Å²) in [5.41, 5.74) is 2.05. The van der Waals surface area contributed by atoms with Crippen LogP contribution in [0.4, 0.5) is 8.78 Å². The minimum Gasteiger partial charge on any atom is -0.354 e. The van der Waals surface area contributed by atoms with Gasteiger partial charge < -0.3 is 4.98 Å². The molecule has 0 saturated heterocycles. The molecule has 0 saturated carbocycles. The van der Waals surface area contributed by atoms with Crippen LogP contribution in [0.1, 0.15) is 12.0 Å². The zero-order valence-corrected chi connectivity index (χ0v) is 11.4. The quantitative estimate of drug-likeness (QED) is 0.638. The Bertz CT molecular complexity index is 717. The van der Waals surface area contributed by atoms with Gasteiger partial charge in [-0.2, -0.15) is 0 Å². The molecule has 1 aromatic heterocycles. The fraction of sp³-hybridized carbons (Fsp3) is 0.0667. The Hall–Kier alpha value is -1.68. The van der Waals surface area contributed by atoms with Crippen LogP contribution >= 0.6 is 15.9 Å². The van der Waals surface area contributed by atoms with E-state index in [9.17, 15) is 8.78 Å². The molecular weight excluding hydrogens is 312 g/mol. The molecule has 0 aliphatic heterocycles. The second-order valence-corrected chi connectivity index (χ2v) is 5.18. The number of hydrogen-bond donors (Lipinski definition) is 1. The Kier molecular flexibility index (Phi) is 3.11. The van der Waals surface area contributed by atoms with Gasteiger partial charge in [-0.15, -0.1) is 0 Å². The molecule has 1 N–H and O–H groups in total. The average molecular weight is 322 g/mol. The highest BCUT2D eigenvalue weighted by molar-refractivity contribution is 9.10. The van der Waals surface area contributed by atoms with Crippen LogP contribution < -0.4 is 0 Å². The second-order valence-electron chi connectivity index (χ2n) is 4.27. The lowest BCUT2D eigenvalue weighted by atomic mass is 10.1. The minimum atomic E-state index is -2.50. The van der Waals surface area contributed by atoms with Crippen molar-refractivity contribution in [3.8, 4) is 11.3 Å². The number of benzene rings is 2. The first kappa shape index (κ1) is 12.4. The minimum absolute atomic E-state index is 0.0675. The van der Waals surface area contributed by atoms with Gasteiger partial charge in [0.15, 0.2) is 0 Å². The van der Waals surface area contributed by atoms with Gasteiger partial charge in [0.25, 0.3) is 6.43 Å². The standard InChI is InChI=1S/C15H10BrF2N/c16-10-7-5-9(6-8-10)14-13(15(17)18)11-3-1-2-4-12(11)19-14/h1-8,15,19H. The molecule has 96 valence electrons. The van der Waals surface area contributed by atoms with Crippen LogP contribution in [0.15, 0.2) is 53.0 Å². The van der Waals surface area contributed by atoms with E-state index in [1.165, 1.54) is 0 Å². The van der Waals surface area contributed by atoms with Crippen molar-refractivity contribution in [2.24, 2.45) is 0 Å². The molecule has 0 aliphatic rings. The Morgan fingerprint density at radius 3 is 2.32 bits per heavy atom. The molecule has 0 bridgehead atoms. The number of aromatic amines is 1. The lowest BCUT2D eigenvalue weighted by Gasteiger charge is -2.04. The average Bonchev–Trinajstić information content (AvgIpc) is 2.78. The first-order valence-corrected chi connectivity index (χ1v) is 6.61. The van der Waals surface area contributed by atoms with E-state index in [1.807, 2.05) is 36.4 Å². The Balaban J connectivity index is 2.28. The molecule has 0 unspecified atom stereocenters. The molecule has 2 aromatic carbocycles. The maximum Gasteiger partial charge on any atom is 0.266 e. The highest BCUT2D eigenvalue weighted by Gasteiger charge is 2.20. The third kappa shape index (κ3) is 2.16. The lowest BCUT2D eigenvalue weighted by Crippen LogP contribution is -1.87. The zero-order valence-electron chi connectivity index (χ0n) is 9.83. The highest BCUT2D eigenvalue weighted by Crippen LogP contribution is 2.37. The number of aromatic nitrogens is 1. The summed E-state index contributed by atoms with van der Waals surface area (Å²) in [5.74, 6) is 0. The Morgan fingerprint density at radius 1 is 0.947 bits per heavy atom. The first-order chi connectivity index (χ1) is 9.16. The summed E-state index contributed by atoms with van der Waals surface area (Å²) in [7, 11) is 0. The van der Waals surface area contributed by atoms with E-state index in [0.717, 1.165) is 15.6 Å². The number of rotatable bonds is 2. The molecule has 3 aromatic rings. The molecule has 0 fully saturated rings. The third-order valence-corrected chi connectivity index (χ3v) is 3.63. The van der Waals surface area contributed by atoms with Crippen molar-refractivity contribution in [3.05, 3.63) is 58.6 Å². The summed E-state index contributed by atoms with van der Waals surface area (Å²) in [5, 5.41) is 0.579. The van der Waals surface area contributed by atoms with Crippen LogP contribution in [0, 0.1) is 0 Å². The van der Waals surface area contributed by atoms with Gasteiger partial charge in [-0.1, -0.05) is 46.3 Å². The molecule has 0 aliphatic carbocycles. The lowest BCUT2D eigenvalue weighted by molar-refractivity contribution is 0.154. The van der Waals surface area contributed by atoms with Gasteiger partial charge in [0.1, 0.15) is 0 Å². The normalized spacial score (nSPS) is 11.4. The van der Waals surface area contributed by atoms with Crippen LogP contribution in [0.3, 0.4) is 0 Å². The maximum absolute atomic E-state index is 13.3. The van der Waals surface area contributed by atoms with Gasteiger partial charge in [-0.25, -0.2) is 8.78 Å². The number of nitrogens with one attached hydrogen (secondary N) is 1. The zero-order chi connectivity index (χ0) is 13.4. The van der Waals surface area contributed by atoms with Gasteiger partial charge in [0, 0.05) is 15.4 Å². The molecule has 0 atom stereocenters. The van der Waals surface area contributed by atoms with Crippen molar-refractivity contribution in [1.29, 1.82) is 0 Å². The molecule has 0 radical (unpaired) electrons. The monoisotopic (exact) mass is 321 g/mol. The van der Waals surface area contributed by atoms with E-state index >= 15 is 0 Å². The van der Waals surface area contributed by atoms with Crippen molar-refractivity contribution in [1.82, 2.24) is 4.98 Å². The molecule has 0 amide bonds. The summed E-state index contributed by atoms with van der Waals surface area (Å²) < 4.78 is 27.6. The van der Waals surface area contributed by atoms with Crippen LogP contribution in [-0.4, -0.2) is 4.98 Å². The molecule has 0 spiro atoms. The first-order valence-electron chi connectivity index (χ1n) is 5.81. The summed E-state index contributed by atoms with van der Waals surface area (Å²) in [6.45, 7) is 0. The van der Waals surface area contributed by atoms with Gasteiger partial charge >= 0.3 is 0 Å². The number of halogens is 3. The smallest absolute Gasteiger partial charge is 0.266 e. The fourth-order valence-electron chi connectivity index (χ4n) is 2.23. The number of fused-ring (bicyclic) bond motifs is 1. The Morgan fingerprint density at radius 2 is 1.63 bits per heavy atom. The van der Waals surface area contributed by atoms with Crippen LogP contribution in [0.2, 0.25) is 0 Å². The van der Waals surface area contributed by atoms with Crippen LogP contribution in [0.5, 0.6) is 0 Å². The van der Waals surface area contributed by atoms with Gasteiger partial charge in [-0.3, -0.25) is 0 Å². The fourth-order valence-corrected chi connectivity index (χ4v) is 2.50. The summed E-state index contributed by atoms with van der Waals surface area (Å²) >= 11 is 3.34. The van der Waals surface area contributed by atoms with E-state index in [0.29, 0.717) is 11.1 Å². The van der Waals surface area contributed by atoms with Crippen molar-refractivity contribution in [2.75, 3.05) is 0 Å². The summed E-state index contributed by atoms with van der Waals surface area (Å²) in [4.78, 5) is 3.09. The molecule has 1 nitrogen and oxygen atoms in total. The second kappa shape index (κ2) is 4.78. The number of alkyl halides is 2. The predicted octanol–water partition coefficient (Wildman–Crippen LogP) is 5.54. The summed E-state index contributed by atoms with van der Waals surface area (Å²) in [6.07, 6.45) is -2.50. The van der Waals surface area contributed by atoms with E-state index in [4.69, 9.17) is 0 Å². The molecule has 4 heteroatoms. The summed E-state index contributed by atoms with van der Waals surface area (Å²) in [6, 6.07) is 14.5. The van der Waals surface area contributed by atoms with E-state index in [1.54, 1.807) is 12.1 Å². The van der Waals surface area contributed by atoms with Crippen LogP contribution in [-0.2, 0) is 0 Å². The van der Waals surface area contributed by atoms with E-state index < -0.39 is 6.43 Å². The number of hydrogen-bond acceptors (Lipinski definition) is 0. The molecular formula is C15H10BrF2N. The highest BCUT2D eigenvalue weighted by atomic mass is 79.9. The van der Waals surface area contributed by atoms with Crippen molar-refractivity contribution >= 4 is 26.8 Å². The van der Waals surface area contributed by atoms with Gasteiger partial charge in [0.05, 0.1) is 11.3 Å². The van der Waals surface area contributed by atoms with E-state index in [-0.39, 0.29) is 5.56 Å². The number of para-hydroxylation sites is 1. The largest absolute Gasteiger partial charge is 0.354 e. The van der Waals surface area contributed by atoms with Crippen molar-refractivity contribution in [2.45, 2.75) is 6.43 Å². The molecule has 19 heavy (non-hydrogen) atoms. The van der Waals surface area contributed by atoms with Crippen LogP contribution in [0.25, 0.3) is 22.2 Å². The van der Waals surface area contributed by atoms with Gasteiger partial charge in [0.2, 0.25) is 0 Å². The topological polar surface area (TPSA) is 15.8 Å². The van der Waals surface area contributed by atoms with Crippen molar-refractivity contribution in [3.63, 3.8) is 0 Å².